The first-order valence-electron chi connectivity index (χ1n) is 3.23. The molecule has 0 radical (unpaired) electrons. The molecule has 0 fully saturated rings. The average Bonchev–Trinajstić information content (AvgIpc) is 2.06. The number of halogens is 4. The van der Waals surface area contributed by atoms with E-state index in [1.54, 1.807) is 0 Å². The Labute approximate surface area is 86.4 Å². The van der Waals surface area contributed by atoms with Gasteiger partial charge in [0.2, 0.25) is 0 Å². The van der Waals surface area contributed by atoms with E-state index in [9.17, 15) is 0 Å². The first-order valence-corrected chi connectivity index (χ1v) is 4.85. The van der Waals surface area contributed by atoms with Crippen LogP contribution >= 0.6 is 46.4 Å². The molecule has 0 amide bonds. The van der Waals surface area contributed by atoms with Crippen molar-refractivity contribution in [3.63, 3.8) is 0 Å². The Balaban J connectivity index is 3.06. The molecule has 2 unspecified atom stereocenters. The first-order chi connectivity index (χ1) is 4.89. The number of hydrogen-bond acceptors (Lipinski definition) is 0. The summed E-state index contributed by atoms with van der Waals surface area (Å²) in [5.41, 5.74) is -0.299. The SMILES string of the molecule is CC1(C)C(Cl)=C(Cl)C(Cl)C1Cl. The van der Waals surface area contributed by atoms with E-state index in [4.69, 9.17) is 46.4 Å². The number of hydrogen-bond donors (Lipinski definition) is 0. The molecular formula is C7H8Cl4. The van der Waals surface area contributed by atoms with Gasteiger partial charge >= 0.3 is 0 Å². The van der Waals surface area contributed by atoms with Gasteiger partial charge in [-0.25, -0.2) is 0 Å². The topological polar surface area (TPSA) is 0 Å². The van der Waals surface area contributed by atoms with E-state index in [1.807, 2.05) is 13.8 Å². The molecule has 0 aromatic rings. The van der Waals surface area contributed by atoms with Crippen LogP contribution in [0.4, 0.5) is 0 Å². The van der Waals surface area contributed by atoms with Crippen molar-refractivity contribution in [3.05, 3.63) is 10.1 Å². The van der Waals surface area contributed by atoms with Gasteiger partial charge in [-0.15, -0.1) is 23.2 Å². The average molecular weight is 234 g/mol. The molecule has 0 spiro atoms. The third kappa shape index (κ3) is 1.39. The molecule has 1 rings (SSSR count). The Kier molecular flexibility index (Phi) is 2.71. The van der Waals surface area contributed by atoms with Crippen LogP contribution in [-0.4, -0.2) is 10.8 Å². The van der Waals surface area contributed by atoms with E-state index in [0.29, 0.717) is 10.1 Å². The van der Waals surface area contributed by atoms with Gasteiger partial charge in [-0.05, 0) is 0 Å². The zero-order valence-corrected chi connectivity index (χ0v) is 9.19. The lowest BCUT2D eigenvalue weighted by Crippen LogP contribution is -2.25. The lowest BCUT2D eigenvalue weighted by atomic mass is 9.92. The fraction of sp³-hybridized carbons (Fsp3) is 0.714. The molecule has 4 heteroatoms. The van der Waals surface area contributed by atoms with Gasteiger partial charge in [0, 0.05) is 10.4 Å². The summed E-state index contributed by atoms with van der Waals surface area (Å²) >= 11 is 23.6. The van der Waals surface area contributed by atoms with Crippen molar-refractivity contribution < 1.29 is 0 Å². The van der Waals surface area contributed by atoms with Crippen LogP contribution in [0.5, 0.6) is 0 Å². The van der Waals surface area contributed by atoms with Crippen LogP contribution in [0.2, 0.25) is 0 Å². The highest BCUT2D eigenvalue weighted by molar-refractivity contribution is 6.47. The van der Waals surface area contributed by atoms with Crippen LogP contribution in [0.15, 0.2) is 10.1 Å². The van der Waals surface area contributed by atoms with Gasteiger partial charge in [0.1, 0.15) is 0 Å². The molecule has 0 saturated carbocycles. The minimum atomic E-state index is -0.346. The van der Waals surface area contributed by atoms with Crippen LogP contribution in [-0.2, 0) is 0 Å². The fourth-order valence-corrected chi connectivity index (χ4v) is 2.48. The molecule has 2 atom stereocenters. The smallest absolute Gasteiger partial charge is 0.0876 e. The summed E-state index contributed by atoms with van der Waals surface area (Å²) in [4.78, 5) is 0. The summed E-state index contributed by atoms with van der Waals surface area (Å²) in [5, 5.41) is 0.502. The van der Waals surface area contributed by atoms with E-state index in [2.05, 4.69) is 0 Å². The van der Waals surface area contributed by atoms with Crippen LogP contribution in [0.25, 0.3) is 0 Å². The predicted molar refractivity (Wildman–Crippen MR) is 51.8 cm³/mol. The van der Waals surface area contributed by atoms with Crippen LogP contribution in [0.1, 0.15) is 13.8 Å². The van der Waals surface area contributed by atoms with Crippen molar-refractivity contribution in [2.24, 2.45) is 5.41 Å². The molecule has 0 bridgehead atoms. The minimum absolute atomic E-state index is 0.218. The van der Waals surface area contributed by atoms with Crippen LogP contribution in [0, 0.1) is 5.41 Å². The summed E-state index contributed by atoms with van der Waals surface area (Å²) in [7, 11) is 0. The maximum Gasteiger partial charge on any atom is 0.0876 e. The molecule has 0 heterocycles. The second kappa shape index (κ2) is 2.99. The summed E-state index contributed by atoms with van der Waals surface area (Å²) in [5.74, 6) is 0. The van der Waals surface area contributed by atoms with E-state index >= 15 is 0 Å². The normalized spacial score (nSPS) is 36.5. The highest BCUT2D eigenvalue weighted by Crippen LogP contribution is 2.50. The van der Waals surface area contributed by atoms with Crippen molar-refractivity contribution in [2.45, 2.75) is 24.6 Å². The molecule has 1 aliphatic carbocycles. The second-order valence-electron chi connectivity index (χ2n) is 3.19. The number of alkyl halides is 2. The summed E-state index contributed by atoms with van der Waals surface area (Å²) in [6.07, 6.45) is 0. The first kappa shape index (κ1) is 9.98. The molecule has 0 saturated heterocycles. The van der Waals surface area contributed by atoms with E-state index in [-0.39, 0.29) is 16.2 Å². The Hall–Kier alpha value is 0.900. The molecule has 11 heavy (non-hydrogen) atoms. The third-order valence-electron chi connectivity index (χ3n) is 1.96. The molecule has 0 aliphatic heterocycles. The lowest BCUT2D eigenvalue weighted by molar-refractivity contribution is 0.471. The maximum absolute atomic E-state index is 6.00. The molecule has 64 valence electrons. The highest BCUT2D eigenvalue weighted by atomic mass is 35.5. The van der Waals surface area contributed by atoms with Crippen molar-refractivity contribution in [2.75, 3.05) is 0 Å². The standard InChI is InChI=1S/C7H8Cl4/c1-7(2)5(10)3(8)4(9)6(7)11/h3,5H,1-2H3. The zero-order chi connectivity index (χ0) is 8.81. The Morgan fingerprint density at radius 1 is 1.18 bits per heavy atom. The monoisotopic (exact) mass is 232 g/mol. The fourth-order valence-electron chi connectivity index (χ4n) is 1.04. The summed E-state index contributed by atoms with van der Waals surface area (Å²) in [6, 6.07) is 0. The Bertz CT molecular complexity index is 206. The van der Waals surface area contributed by atoms with Gasteiger partial charge in [0.25, 0.3) is 0 Å². The molecule has 0 nitrogen and oxygen atoms in total. The van der Waals surface area contributed by atoms with Crippen molar-refractivity contribution in [1.29, 1.82) is 0 Å². The van der Waals surface area contributed by atoms with Gasteiger partial charge in [-0.1, -0.05) is 37.0 Å². The Morgan fingerprint density at radius 2 is 1.64 bits per heavy atom. The molecule has 0 N–H and O–H groups in total. The summed E-state index contributed by atoms with van der Waals surface area (Å²) in [6.45, 7) is 3.86. The molecule has 1 aliphatic rings. The summed E-state index contributed by atoms with van der Waals surface area (Å²) < 4.78 is 0. The largest absolute Gasteiger partial charge is 0.120 e. The van der Waals surface area contributed by atoms with Gasteiger partial charge in [-0.3, -0.25) is 0 Å². The molecule has 0 aromatic carbocycles. The minimum Gasteiger partial charge on any atom is -0.120 e. The highest BCUT2D eigenvalue weighted by Gasteiger charge is 2.45. The molecular weight excluding hydrogens is 226 g/mol. The van der Waals surface area contributed by atoms with Crippen molar-refractivity contribution in [3.8, 4) is 0 Å². The van der Waals surface area contributed by atoms with Crippen LogP contribution < -0.4 is 0 Å². The van der Waals surface area contributed by atoms with Gasteiger partial charge in [-0.2, -0.15) is 0 Å². The van der Waals surface area contributed by atoms with E-state index in [1.165, 1.54) is 0 Å². The van der Waals surface area contributed by atoms with E-state index < -0.39 is 0 Å². The number of allylic oxidation sites excluding steroid dienone is 2. The van der Waals surface area contributed by atoms with Gasteiger partial charge in [0.05, 0.1) is 15.8 Å². The lowest BCUT2D eigenvalue weighted by Gasteiger charge is -2.23. The molecule has 0 aromatic heterocycles. The number of rotatable bonds is 0. The Morgan fingerprint density at radius 3 is 1.73 bits per heavy atom. The van der Waals surface area contributed by atoms with Gasteiger partial charge < -0.3 is 0 Å². The second-order valence-corrected chi connectivity index (χ2v) is 4.91. The van der Waals surface area contributed by atoms with Gasteiger partial charge in [0.15, 0.2) is 0 Å². The quantitative estimate of drug-likeness (QED) is 0.557. The van der Waals surface area contributed by atoms with Crippen LogP contribution in [0.3, 0.4) is 0 Å². The zero-order valence-electron chi connectivity index (χ0n) is 6.17. The van der Waals surface area contributed by atoms with Crippen molar-refractivity contribution >= 4 is 46.4 Å². The third-order valence-corrected chi connectivity index (χ3v) is 4.68. The predicted octanol–water partition coefficient (Wildman–Crippen LogP) is 3.93. The van der Waals surface area contributed by atoms with E-state index in [0.717, 1.165) is 0 Å². The maximum atomic E-state index is 6.00. The van der Waals surface area contributed by atoms with Crippen molar-refractivity contribution in [1.82, 2.24) is 0 Å².